The summed E-state index contributed by atoms with van der Waals surface area (Å²) in [5.74, 6) is 0.336. The maximum absolute atomic E-state index is 13.3. The zero-order valence-electron chi connectivity index (χ0n) is 11.0. The van der Waals surface area contributed by atoms with Crippen molar-refractivity contribution in [2.75, 3.05) is 12.4 Å². The Kier molecular flexibility index (Phi) is 5.49. The first-order valence-electron chi connectivity index (χ1n) is 6.86. The molecule has 19 heavy (non-hydrogen) atoms. The quantitative estimate of drug-likeness (QED) is 0.774. The molecule has 2 rings (SSSR count). The summed E-state index contributed by atoms with van der Waals surface area (Å²) < 4.78 is 13.3. The van der Waals surface area contributed by atoms with Crippen molar-refractivity contribution in [3.8, 4) is 0 Å². The molecule has 4 heteroatoms. The number of hydrogen-bond acceptors (Lipinski definition) is 1. The minimum Gasteiger partial charge on any atom is -0.312 e. The van der Waals surface area contributed by atoms with Gasteiger partial charge in [-0.3, -0.25) is 0 Å². The average Bonchev–Trinajstić information content (AvgIpc) is 2.44. The van der Waals surface area contributed by atoms with Gasteiger partial charge in [-0.1, -0.05) is 43.0 Å². The molecule has 1 nitrogen and oxygen atoms in total. The zero-order valence-corrected chi connectivity index (χ0v) is 12.5. The number of halogens is 3. The second-order valence-electron chi connectivity index (χ2n) is 5.51. The van der Waals surface area contributed by atoms with Gasteiger partial charge in [0.2, 0.25) is 0 Å². The number of benzene rings is 1. The molecule has 0 spiro atoms. The molecule has 0 unspecified atom stereocenters. The smallest absolute Gasteiger partial charge is 0.142 e. The van der Waals surface area contributed by atoms with Crippen LogP contribution in [-0.4, -0.2) is 12.4 Å². The SMILES string of the molecule is Fc1cccc(CNCC2(CCl)CCCCC2)c1Cl. The molecule has 1 aromatic carbocycles. The molecule has 106 valence electrons. The Hall–Kier alpha value is -0.310. The van der Waals surface area contributed by atoms with Gasteiger partial charge in [0.05, 0.1) is 5.02 Å². The van der Waals surface area contributed by atoms with E-state index in [9.17, 15) is 4.39 Å². The van der Waals surface area contributed by atoms with E-state index in [1.54, 1.807) is 6.07 Å². The Morgan fingerprint density at radius 2 is 1.95 bits per heavy atom. The van der Waals surface area contributed by atoms with Crippen LogP contribution in [0.25, 0.3) is 0 Å². The van der Waals surface area contributed by atoms with Crippen LogP contribution in [0.2, 0.25) is 5.02 Å². The zero-order chi connectivity index (χ0) is 13.7. The molecule has 1 saturated carbocycles. The van der Waals surface area contributed by atoms with Crippen molar-refractivity contribution in [1.29, 1.82) is 0 Å². The molecule has 1 aromatic rings. The van der Waals surface area contributed by atoms with Gasteiger partial charge in [0.1, 0.15) is 5.82 Å². The predicted octanol–water partition coefficient (Wildman–Crippen LogP) is 4.76. The average molecular weight is 304 g/mol. The lowest BCUT2D eigenvalue weighted by atomic mass is 9.75. The second-order valence-corrected chi connectivity index (χ2v) is 6.16. The second kappa shape index (κ2) is 6.92. The maximum atomic E-state index is 13.3. The van der Waals surface area contributed by atoms with Crippen molar-refractivity contribution in [3.63, 3.8) is 0 Å². The lowest BCUT2D eigenvalue weighted by molar-refractivity contribution is 0.212. The van der Waals surface area contributed by atoms with E-state index < -0.39 is 0 Å². The molecule has 1 aliphatic carbocycles. The fourth-order valence-electron chi connectivity index (χ4n) is 2.81. The van der Waals surface area contributed by atoms with Crippen molar-refractivity contribution in [2.45, 2.75) is 38.6 Å². The standard InChI is InChI=1S/C15H20Cl2FN/c16-10-15(7-2-1-3-8-15)11-19-9-12-5-4-6-13(18)14(12)17/h4-6,19H,1-3,7-11H2. The molecular formula is C15H20Cl2FN. The highest BCUT2D eigenvalue weighted by Crippen LogP contribution is 2.36. The van der Waals surface area contributed by atoms with Crippen LogP contribution in [0.15, 0.2) is 18.2 Å². The molecule has 0 saturated heterocycles. The molecule has 1 N–H and O–H groups in total. The molecule has 1 aliphatic rings. The van der Waals surface area contributed by atoms with Crippen LogP contribution in [0.4, 0.5) is 4.39 Å². The molecule has 0 radical (unpaired) electrons. The Balaban J connectivity index is 1.90. The van der Waals surface area contributed by atoms with Crippen molar-refractivity contribution >= 4 is 23.2 Å². The van der Waals surface area contributed by atoms with Crippen LogP contribution >= 0.6 is 23.2 Å². The van der Waals surface area contributed by atoms with Gasteiger partial charge in [-0.15, -0.1) is 11.6 Å². The van der Waals surface area contributed by atoms with Gasteiger partial charge in [-0.2, -0.15) is 0 Å². The van der Waals surface area contributed by atoms with Crippen LogP contribution in [0.1, 0.15) is 37.7 Å². The molecule has 0 amide bonds. The van der Waals surface area contributed by atoms with E-state index in [2.05, 4.69) is 5.32 Å². The summed E-state index contributed by atoms with van der Waals surface area (Å²) in [6, 6.07) is 4.93. The van der Waals surface area contributed by atoms with Crippen molar-refractivity contribution in [3.05, 3.63) is 34.6 Å². The summed E-state index contributed by atoms with van der Waals surface area (Å²) >= 11 is 12.1. The highest BCUT2D eigenvalue weighted by molar-refractivity contribution is 6.31. The Bertz CT molecular complexity index is 417. The summed E-state index contributed by atoms with van der Waals surface area (Å²) in [5, 5.41) is 3.62. The summed E-state index contributed by atoms with van der Waals surface area (Å²) in [4.78, 5) is 0. The number of nitrogens with one attached hydrogen (secondary N) is 1. The Morgan fingerprint density at radius 1 is 1.21 bits per heavy atom. The normalized spacial score (nSPS) is 18.5. The van der Waals surface area contributed by atoms with E-state index >= 15 is 0 Å². The van der Waals surface area contributed by atoms with Gasteiger partial charge in [-0.25, -0.2) is 4.39 Å². The molecule has 0 atom stereocenters. The van der Waals surface area contributed by atoms with E-state index in [-0.39, 0.29) is 16.3 Å². The molecule has 1 fully saturated rings. The molecule has 0 heterocycles. The lowest BCUT2D eigenvalue weighted by Crippen LogP contribution is -2.37. The van der Waals surface area contributed by atoms with E-state index in [1.165, 1.54) is 38.2 Å². The van der Waals surface area contributed by atoms with Gasteiger partial charge in [0.15, 0.2) is 0 Å². The van der Waals surface area contributed by atoms with Crippen LogP contribution < -0.4 is 5.32 Å². The van der Waals surface area contributed by atoms with Gasteiger partial charge in [0.25, 0.3) is 0 Å². The first kappa shape index (κ1) is 15.1. The van der Waals surface area contributed by atoms with E-state index in [0.717, 1.165) is 12.1 Å². The van der Waals surface area contributed by atoms with Crippen LogP contribution in [0, 0.1) is 11.2 Å². The van der Waals surface area contributed by atoms with Crippen LogP contribution in [0.3, 0.4) is 0 Å². The lowest BCUT2D eigenvalue weighted by Gasteiger charge is -2.35. The number of alkyl halides is 1. The Morgan fingerprint density at radius 3 is 2.63 bits per heavy atom. The van der Waals surface area contributed by atoms with Crippen molar-refractivity contribution in [2.24, 2.45) is 5.41 Å². The minimum absolute atomic E-state index is 0.208. The van der Waals surface area contributed by atoms with Gasteiger partial charge < -0.3 is 5.32 Å². The number of hydrogen-bond donors (Lipinski definition) is 1. The Labute approximate surface area is 124 Å². The summed E-state index contributed by atoms with van der Waals surface area (Å²) in [6.07, 6.45) is 6.19. The van der Waals surface area contributed by atoms with E-state index in [0.29, 0.717) is 12.4 Å². The molecule has 0 aliphatic heterocycles. The van der Waals surface area contributed by atoms with E-state index in [1.807, 2.05) is 6.07 Å². The van der Waals surface area contributed by atoms with Crippen LogP contribution in [0.5, 0.6) is 0 Å². The predicted molar refractivity (Wildman–Crippen MR) is 79.4 cm³/mol. The highest BCUT2D eigenvalue weighted by Gasteiger charge is 2.30. The van der Waals surface area contributed by atoms with Gasteiger partial charge in [0, 0.05) is 19.0 Å². The fraction of sp³-hybridized carbons (Fsp3) is 0.600. The monoisotopic (exact) mass is 303 g/mol. The fourth-order valence-corrected chi connectivity index (χ4v) is 3.36. The van der Waals surface area contributed by atoms with Crippen molar-refractivity contribution < 1.29 is 4.39 Å². The molecular weight excluding hydrogens is 284 g/mol. The maximum Gasteiger partial charge on any atom is 0.142 e. The third-order valence-corrected chi connectivity index (χ3v) is 5.03. The van der Waals surface area contributed by atoms with Crippen molar-refractivity contribution in [1.82, 2.24) is 5.32 Å². The first-order valence-corrected chi connectivity index (χ1v) is 7.78. The van der Waals surface area contributed by atoms with Crippen LogP contribution in [-0.2, 0) is 6.54 Å². The third kappa shape index (κ3) is 3.84. The summed E-state index contributed by atoms with van der Waals surface area (Å²) in [5.41, 5.74) is 1.02. The minimum atomic E-state index is -0.356. The van der Waals surface area contributed by atoms with Gasteiger partial charge in [-0.05, 0) is 29.9 Å². The largest absolute Gasteiger partial charge is 0.312 e. The molecule has 0 bridgehead atoms. The third-order valence-electron chi connectivity index (χ3n) is 4.04. The first-order chi connectivity index (χ1) is 9.17. The van der Waals surface area contributed by atoms with Gasteiger partial charge >= 0.3 is 0 Å². The molecule has 0 aromatic heterocycles. The highest BCUT2D eigenvalue weighted by atomic mass is 35.5. The summed E-state index contributed by atoms with van der Waals surface area (Å²) in [6.45, 7) is 1.47. The number of rotatable bonds is 5. The topological polar surface area (TPSA) is 12.0 Å². The van der Waals surface area contributed by atoms with E-state index in [4.69, 9.17) is 23.2 Å². The summed E-state index contributed by atoms with van der Waals surface area (Å²) in [7, 11) is 0.